The molecule has 1 amide bonds. The maximum atomic E-state index is 12.2. The van der Waals surface area contributed by atoms with Crippen LogP contribution in [0.4, 0.5) is 11.4 Å². The number of nitrogens with one attached hydrogen (secondary N) is 1. The highest BCUT2D eigenvalue weighted by Gasteiger charge is 2.17. The minimum absolute atomic E-state index is 0.0137. The molecule has 0 fully saturated rings. The van der Waals surface area contributed by atoms with E-state index < -0.39 is 10.8 Å². The van der Waals surface area contributed by atoms with Crippen LogP contribution >= 0.6 is 43.5 Å². The summed E-state index contributed by atoms with van der Waals surface area (Å²) < 4.78 is 1.49. The third-order valence-corrected chi connectivity index (χ3v) is 4.09. The average molecular weight is 434 g/mol. The van der Waals surface area contributed by atoms with Crippen LogP contribution < -0.4 is 5.32 Å². The molecule has 0 saturated carbocycles. The molecule has 0 radical (unpaired) electrons. The van der Waals surface area contributed by atoms with Gasteiger partial charge in [0.05, 0.1) is 10.6 Å². The Bertz CT molecular complexity index is 737. The molecule has 108 valence electrons. The lowest BCUT2D eigenvalue weighted by Crippen LogP contribution is -2.12. The van der Waals surface area contributed by atoms with Crippen molar-refractivity contribution in [1.82, 2.24) is 0 Å². The predicted octanol–water partition coefficient (Wildman–Crippen LogP) is 5.03. The van der Waals surface area contributed by atoms with Gasteiger partial charge in [-0.25, -0.2) is 0 Å². The van der Waals surface area contributed by atoms with Gasteiger partial charge in [-0.15, -0.1) is 0 Å². The van der Waals surface area contributed by atoms with E-state index in [0.717, 1.165) is 10.5 Å². The normalized spacial score (nSPS) is 10.2. The molecule has 0 spiro atoms. The first-order chi connectivity index (χ1) is 9.88. The molecule has 21 heavy (non-hydrogen) atoms. The zero-order valence-electron chi connectivity index (χ0n) is 10.3. The Balaban J connectivity index is 2.30. The molecule has 5 nitrogen and oxygen atoms in total. The van der Waals surface area contributed by atoms with Gasteiger partial charge < -0.3 is 5.32 Å². The molecule has 0 unspecified atom stereocenters. The topological polar surface area (TPSA) is 72.2 Å². The molecule has 2 rings (SSSR count). The van der Waals surface area contributed by atoms with E-state index in [2.05, 4.69) is 37.2 Å². The van der Waals surface area contributed by atoms with Crippen molar-refractivity contribution in [2.24, 2.45) is 0 Å². The van der Waals surface area contributed by atoms with Crippen LogP contribution in [0.5, 0.6) is 0 Å². The average Bonchev–Trinajstić information content (AvgIpc) is 2.43. The number of rotatable bonds is 3. The van der Waals surface area contributed by atoms with Crippen molar-refractivity contribution in [3.63, 3.8) is 0 Å². The van der Waals surface area contributed by atoms with E-state index in [4.69, 9.17) is 11.6 Å². The van der Waals surface area contributed by atoms with Gasteiger partial charge in [-0.1, -0.05) is 27.5 Å². The Morgan fingerprint density at radius 3 is 2.57 bits per heavy atom. The number of nitrogens with zero attached hydrogens (tertiary/aromatic N) is 1. The van der Waals surface area contributed by atoms with Crippen LogP contribution in [-0.4, -0.2) is 10.8 Å². The second-order valence-electron chi connectivity index (χ2n) is 4.00. The Kier molecular flexibility index (Phi) is 4.97. The van der Waals surface area contributed by atoms with Gasteiger partial charge in [0.15, 0.2) is 0 Å². The molecular weight excluding hydrogens is 427 g/mol. The maximum Gasteiger partial charge on any atom is 0.288 e. The summed E-state index contributed by atoms with van der Waals surface area (Å²) in [4.78, 5) is 22.3. The molecule has 0 heterocycles. The van der Waals surface area contributed by atoms with Gasteiger partial charge in [-0.05, 0) is 46.3 Å². The summed E-state index contributed by atoms with van der Waals surface area (Å²) in [5, 5.41) is 13.5. The largest absolute Gasteiger partial charge is 0.321 e. The maximum absolute atomic E-state index is 12.2. The predicted molar refractivity (Wildman–Crippen MR) is 87.9 cm³/mol. The first-order valence-corrected chi connectivity index (χ1v) is 7.55. The highest BCUT2D eigenvalue weighted by Crippen LogP contribution is 2.28. The highest BCUT2D eigenvalue weighted by atomic mass is 79.9. The molecule has 2 aromatic carbocycles. The summed E-state index contributed by atoms with van der Waals surface area (Å²) in [6.07, 6.45) is 0. The van der Waals surface area contributed by atoms with E-state index in [0.29, 0.717) is 10.2 Å². The minimum Gasteiger partial charge on any atom is -0.321 e. The number of hydrogen-bond acceptors (Lipinski definition) is 3. The number of carbonyl (C=O) groups is 1. The first-order valence-electron chi connectivity index (χ1n) is 5.59. The van der Waals surface area contributed by atoms with Crippen LogP contribution in [0.3, 0.4) is 0 Å². The summed E-state index contributed by atoms with van der Waals surface area (Å²) in [5.74, 6) is -0.464. The van der Waals surface area contributed by atoms with Gasteiger partial charge in [-0.2, -0.15) is 0 Å². The number of hydrogen-bond donors (Lipinski definition) is 1. The van der Waals surface area contributed by atoms with Crippen molar-refractivity contribution < 1.29 is 9.72 Å². The van der Waals surface area contributed by atoms with Gasteiger partial charge in [0, 0.05) is 20.6 Å². The molecular formula is C13H7Br2ClN2O3. The van der Waals surface area contributed by atoms with Crippen molar-refractivity contribution in [2.75, 3.05) is 5.32 Å². The van der Waals surface area contributed by atoms with Crippen LogP contribution in [0.1, 0.15) is 10.4 Å². The monoisotopic (exact) mass is 432 g/mol. The standard InChI is InChI=1S/C13H7Br2ClN2O3/c14-8-2-3-9(15)11(6-8)17-13(19)7-1-4-10(16)12(5-7)18(20)21/h1-6H,(H,17,19). The summed E-state index contributed by atoms with van der Waals surface area (Å²) in [6.45, 7) is 0. The second kappa shape index (κ2) is 6.55. The van der Waals surface area contributed by atoms with E-state index in [1.807, 2.05) is 6.07 Å². The summed E-state index contributed by atoms with van der Waals surface area (Å²) >= 11 is 12.3. The molecule has 8 heteroatoms. The Labute approximate surface area is 141 Å². The smallest absolute Gasteiger partial charge is 0.288 e. The molecule has 2 aromatic rings. The van der Waals surface area contributed by atoms with E-state index in [1.54, 1.807) is 12.1 Å². The number of benzene rings is 2. The Morgan fingerprint density at radius 1 is 1.19 bits per heavy atom. The van der Waals surface area contributed by atoms with Crippen molar-refractivity contribution >= 4 is 60.7 Å². The fraction of sp³-hybridized carbons (Fsp3) is 0. The summed E-state index contributed by atoms with van der Waals surface area (Å²) in [7, 11) is 0. The van der Waals surface area contributed by atoms with Gasteiger partial charge in [-0.3, -0.25) is 14.9 Å². The first kappa shape index (κ1) is 15.9. The van der Waals surface area contributed by atoms with Crippen LogP contribution in [0, 0.1) is 10.1 Å². The van der Waals surface area contributed by atoms with E-state index in [-0.39, 0.29) is 16.3 Å². The molecule has 0 aromatic heterocycles. The fourth-order valence-electron chi connectivity index (χ4n) is 1.58. The molecule has 1 N–H and O–H groups in total. The molecule has 0 atom stereocenters. The van der Waals surface area contributed by atoms with Crippen LogP contribution in [0.2, 0.25) is 5.02 Å². The second-order valence-corrected chi connectivity index (χ2v) is 6.18. The molecule has 0 aliphatic rings. The number of carbonyl (C=O) groups excluding carboxylic acids is 1. The van der Waals surface area contributed by atoms with E-state index in [1.165, 1.54) is 12.1 Å². The number of anilines is 1. The highest BCUT2D eigenvalue weighted by molar-refractivity contribution is 9.11. The Morgan fingerprint density at radius 2 is 1.90 bits per heavy atom. The number of halogens is 3. The third kappa shape index (κ3) is 3.81. The van der Waals surface area contributed by atoms with Crippen LogP contribution in [-0.2, 0) is 0 Å². The van der Waals surface area contributed by atoms with Gasteiger partial charge in [0.1, 0.15) is 5.02 Å². The van der Waals surface area contributed by atoms with Crippen LogP contribution in [0.25, 0.3) is 0 Å². The zero-order chi connectivity index (χ0) is 15.6. The van der Waals surface area contributed by atoms with Crippen molar-refractivity contribution in [3.05, 3.63) is 66.0 Å². The van der Waals surface area contributed by atoms with E-state index in [9.17, 15) is 14.9 Å². The fourth-order valence-corrected chi connectivity index (χ4v) is 2.47. The summed E-state index contributed by atoms with van der Waals surface area (Å²) in [5.41, 5.74) is 0.391. The van der Waals surface area contributed by atoms with Gasteiger partial charge in [0.2, 0.25) is 0 Å². The lowest BCUT2D eigenvalue weighted by Gasteiger charge is -2.08. The zero-order valence-corrected chi connectivity index (χ0v) is 14.2. The lowest BCUT2D eigenvalue weighted by molar-refractivity contribution is -0.384. The third-order valence-electron chi connectivity index (χ3n) is 2.58. The van der Waals surface area contributed by atoms with Crippen molar-refractivity contribution in [2.45, 2.75) is 0 Å². The van der Waals surface area contributed by atoms with Crippen molar-refractivity contribution in [3.8, 4) is 0 Å². The lowest BCUT2D eigenvalue weighted by atomic mass is 10.2. The summed E-state index contributed by atoms with van der Waals surface area (Å²) in [6, 6.07) is 9.19. The molecule has 0 aliphatic heterocycles. The number of amides is 1. The number of nitro benzene ring substituents is 1. The Hall–Kier alpha value is -1.44. The van der Waals surface area contributed by atoms with Gasteiger partial charge in [0.25, 0.3) is 11.6 Å². The minimum atomic E-state index is -0.631. The van der Waals surface area contributed by atoms with Gasteiger partial charge >= 0.3 is 0 Å². The van der Waals surface area contributed by atoms with E-state index >= 15 is 0 Å². The molecule has 0 saturated heterocycles. The number of nitro groups is 1. The van der Waals surface area contributed by atoms with Crippen LogP contribution in [0.15, 0.2) is 45.3 Å². The molecule has 0 bridgehead atoms. The quantitative estimate of drug-likeness (QED) is 0.544. The molecule has 0 aliphatic carbocycles. The van der Waals surface area contributed by atoms with Crippen molar-refractivity contribution in [1.29, 1.82) is 0 Å². The SMILES string of the molecule is O=C(Nc1cc(Br)ccc1Br)c1ccc(Cl)c([N+](=O)[O-])c1.